The van der Waals surface area contributed by atoms with Crippen LogP contribution < -0.4 is 21.3 Å². The third-order valence-electron chi connectivity index (χ3n) is 5.62. The van der Waals surface area contributed by atoms with Crippen molar-refractivity contribution in [3.63, 3.8) is 0 Å². The number of para-hydroxylation sites is 2. The van der Waals surface area contributed by atoms with Crippen LogP contribution in [0.1, 0.15) is 21.0 Å². The number of hydrogen-bond donors (Lipinski definition) is 4. The summed E-state index contributed by atoms with van der Waals surface area (Å²) in [6.45, 7) is 0. The van der Waals surface area contributed by atoms with E-state index in [1.165, 1.54) is 0 Å². The van der Waals surface area contributed by atoms with E-state index in [9.17, 15) is 9.59 Å². The van der Waals surface area contributed by atoms with Gasteiger partial charge in [-0.15, -0.1) is 0 Å². The van der Waals surface area contributed by atoms with Crippen LogP contribution in [0.5, 0.6) is 0 Å². The van der Waals surface area contributed by atoms with Crippen molar-refractivity contribution < 1.29 is 9.59 Å². The Hall–Kier alpha value is -5.43. The summed E-state index contributed by atoms with van der Waals surface area (Å²) < 4.78 is 0. The highest BCUT2D eigenvalue weighted by atomic mass is 16.2. The molecule has 38 heavy (non-hydrogen) atoms. The van der Waals surface area contributed by atoms with Gasteiger partial charge < -0.3 is 21.3 Å². The van der Waals surface area contributed by atoms with Gasteiger partial charge in [-0.25, -0.2) is 4.98 Å². The van der Waals surface area contributed by atoms with Crippen molar-refractivity contribution in [3.05, 3.63) is 139 Å². The number of amides is 2. The zero-order chi connectivity index (χ0) is 26.2. The molecule has 0 fully saturated rings. The van der Waals surface area contributed by atoms with Crippen molar-refractivity contribution >= 4 is 45.9 Å². The maximum absolute atomic E-state index is 12.8. The lowest BCUT2D eigenvalue weighted by atomic mass is 10.2. The van der Waals surface area contributed by atoms with E-state index >= 15 is 0 Å². The van der Waals surface area contributed by atoms with Gasteiger partial charge in [0.15, 0.2) is 0 Å². The van der Waals surface area contributed by atoms with Crippen LogP contribution in [0.15, 0.2) is 127 Å². The van der Waals surface area contributed by atoms with Crippen LogP contribution >= 0.6 is 0 Å². The van der Waals surface area contributed by atoms with Crippen LogP contribution in [0.2, 0.25) is 0 Å². The van der Waals surface area contributed by atoms with Gasteiger partial charge in [-0.3, -0.25) is 9.59 Å². The Kier molecular flexibility index (Phi) is 7.37. The smallest absolute Gasteiger partial charge is 0.274 e. The first kappa shape index (κ1) is 24.3. The van der Waals surface area contributed by atoms with Crippen molar-refractivity contribution in [2.24, 2.45) is 0 Å². The summed E-state index contributed by atoms with van der Waals surface area (Å²) >= 11 is 0. The number of nitrogens with one attached hydrogen (secondary N) is 4. The Morgan fingerprint density at radius 2 is 0.737 bits per heavy atom. The fourth-order valence-corrected chi connectivity index (χ4v) is 3.73. The molecule has 4 aromatic carbocycles. The van der Waals surface area contributed by atoms with Crippen molar-refractivity contribution in [3.8, 4) is 0 Å². The minimum absolute atomic E-state index is 0.145. The first-order valence-corrected chi connectivity index (χ1v) is 12.1. The van der Waals surface area contributed by atoms with Crippen molar-refractivity contribution in [1.29, 1.82) is 0 Å². The van der Waals surface area contributed by atoms with Gasteiger partial charge in [-0.05, 0) is 84.9 Å². The Labute approximate surface area is 220 Å². The molecular formula is C31H25N5O2. The minimum Gasteiger partial charge on any atom is -0.356 e. The number of pyridine rings is 1. The van der Waals surface area contributed by atoms with E-state index in [1.54, 1.807) is 42.5 Å². The molecule has 0 aliphatic rings. The highest BCUT2D eigenvalue weighted by Crippen LogP contribution is 2.20. The molecule has 0 saturated carbocycles. The fraction of sp³-hybridized carbons (Fsp3) is 0. The average Bonchev–Trinajstić information content (AvgIpc) is 2.96. The van der Waals surface area contributed by atoms with Crippen LogP contribution in [0.4, 0.5) is 34.1 Å². The zero-order valence-corrected chi connectivity index (χ0v) is 20.4. The maximum Gasteiger partial charge on any atom is 0.274 e. The molecule has 0 aliphatic carbocycles. The van der Waals surface area contributed by atoms with Gasteiger partial charge in [0.2, 0.25) is 0 Å². The van der Waals surface area contributed by atoms with Crippen LogP contribution in [0.25, 0.3) is 0 Å². The van der Waals surface area contributed by atoms with Gasteiger partial charge in [0, 0.05) is 34.1 Å². The maximum atomic E-state index is 12.8. The fourth-order valence-electron chi connectivity index (χ4n) is 3.73. The van der Waals surface area contributed by atoms with Crippen LogP contribution in [-0.2, 0) is 0 Å². The van der Waals surface area contributed by atoms with Crippen LogP contribution in [0, 0.1) is 0 Å². The Bertz CT molecular complexity index is 1410. The number of nitrogens with zero attached hydrogens (tertiary/aromatic N) is 1. The SMILES string of the molecule is O=C(Nc1ccc(Nc2ccccc2)cc1)c1cccc(C(=O)Nc2ccc(Nc3ccccc3)cc2)n1. The molecular weight excluding hydrogens is 474 g/mol. The van der Waals surface area contributed by atoms with Crippen LogP contribution in [0.3, 0.4) is 0 Å². The van der Waals surface area contributed by atoms with Gasteiger partial charge >= 0.3 is 0 Å². The number of hydrogen-bond acceptors (Lipinski definition) is 5. The molecule has 1 aromatic heterocycles. The molecule has 5 aromatic rings. The number of anilines is 6. The highest BCUT2D eigenvalue weighted by molar-refractivity contribution is 6.06. The predicted octanol–water partition coefficient (Wildman–Crippen LogP) is 7.07. The molecule has 0 aliphatic heterocycles. The number of carbonyl (C=O) groups is 2. The molecule has 186 valence electrons. The zero-order valence-electron chi connectivity index (χ0n) is 20.4. The van der Waals surface area contributed by atoms with Gasteiger partial charge in [0.05, 0.1) is 0 Å². The molecule has 7 nitrogen and oxygen atoms in total. The van der Waals surface area contributed by atoms with E-state index < -0.39 is 11.8 Å². The lowest BCUT2D eigenvalue weighted by Gasteiger charge is -2.10. The third kappa shape index (κ3) is 6.41. The molecule has 4 N–H and O–H groups in total. The molecule has 0 saturated heterocycles. The first-order valence-electron chi connectivity index (χ1n) is 12.1. The van der Waals surface area contributed by atoms with Gasteiger partial charge in [0.1, 0.15) is 11.4 Å². The Balaban J connectivity index is 1.18. The molecule has 0 radical (unpaired) electrons. The first-order chi connectivity index (χ1) is 18.6. The average molecular weight is 500 g/mol. The summed E-state index contributed by atoms with van der Waals surface area (Å²) in [5.41, 5.74) is 5.28. The second kappa shape index (κ2) is 11.5. The van der Waals surface area contributed by atoms with E-state index in [2.05, 4.69) is 26.3 Å². The van der Waals surface area contributed by atoms with E-state index in [0.29, 0.717) is 11.4 Å². The van der Waals surface area contributed by atoms with Crippen molar-refractivity contribution in [2.45, 2.75) is 0 Å². The lowest BCUT2D eigenvalue weighted by Crippen LogP contribution is -2.18. The van der Waals surface area contributed by atoms with E-state index in [4.69, 9.17) is 0 Å². The molecule has 0 bridgehead atoms. The summed E-state index contributed by atoms with van der Waals surface area (Å²) in [4.78, 5) is 29.8. The number of aromatic nitrogens is 1. The van der Waals surface area contributed by atoms with Gasteiger partial charge in [-0.1, -0.05) is 42.5 Å². The van der Waals surface area contributed by atoms with Crippen molar-refractivity contribution in [1.82, 2.24) is 4.98 Å². The quantitative estimate of drug-likeness (QED) is 0.183. The van der Waals surface area contributed by atoms with Crippen molar-refractivity contribution in [2.75, 3.05) is 21.3 Å². The molecule has 1 heterocycles. The molecule has 0 atom stereocenters. The lowest BCUT2D eigenvalue weighted by molar-refractivity contribution is 0.101. The molecule has 0 spiro atoms. The second-order valence-corrected chi connectivity index (χ2v) is 8.45. The summed E-state index contributed by atoms with van der Waals surface area (Å²) in [5.74, 6) is -0.806. The van der Waals surface area contributed by atoms with Crippen LogP contribution in [-0.4, -0.2) is 16.8 Å². The number of benzene rings is 4. The molecule has 2 amide bonds. The topological polar surface area (TPSA) is 95.2 Å². The third-order valence-corrected chi connectivity index (χ3v) is 5.62. The monoisotopic (exact) mass is 499 g/mol. The van der Waals surface area contributed by atoms with Gasteiger partial charge in [0.25, 0.3) is 11.8 Å². The Morgan fingerprint density at radius 1 is 0.395 bits per heavy atom. The molecule has 5 rings (SSSR count). The predicted molar refractivity (Wildman–Crippen MR) is 152 cm³/mol. The summed E-state index contributed by atoms with van der Waals surface area (Å²) in [7, 11) is 0. The summed E-state index contributed by atoms with van der Waals surface area (Å²) in [6.07, 6.45) is 0. The van der Waals surface area contributed by atoms with E-state index in [-0.39, 0.29) is 11.4 Å². The molecule has 0 unspecified atom stereocenters. The summed E-state index contributed by atoms with van der Waals surface area (Å²) in [5, 5.41) is 12.2. The number of carbonyl (C=O) groups excluding carboxylic acids is 2. The Morgan fingerprint density at radius 3 is 1.13 bits per heavy atom. The summed E-state index contributed by atoms with van der Waals surface area (Å²) in [6, 6.07) is 39.1. The van der Waals surface area contributed by atoms with Gasteiger partial charge in [-0.2, -0.15) is 0 Å². The normalized spacial score (nSPS) is 10.3. The van der Waals surface area contributed by atoms with E-state index in [1.807, 2.05) is 84.9 Å². The second-order valence-electron chi connectivity index (χ2n) is 8.45. The highest BCUT2D eigenvalue weighted by Gasteiger charge is 2.13. The standard InChI is InChI=1S/C31H25N5O2/c37-30(34-26-18-14-24(15-19-26)32-22-8-3-1-4-9-22)28-12-7-13-29(36-28)31(38)35-27-20-16-25(17-21-27)33-23-10-5-2-6-11-23/h1-21,32-33H,(H,34,37)(H,35,38). The van der Waals surface area contributed by atoms with E-state index in [0.717, 1.165) is 22.7 Å². The molecule has 7 heteroatoms. The largest absolute Gasteiger partial charge is 0.356 e. The number of rotatable bonds is 8. The minimum atomic E-state index is -0.403.